The number of hydrogen-bond donors (Lipinski definition) is 0. The zero-order valence-corrected chi connectivity index (χ0v) is 7.25. The van der Waals surface area contributed by atoms with Gasteiger partial charge in [0.1, 0.15) is 0 Å². The van der Waals surface area contributed by atoms with E-state index in [-0.39, 0.29) is 55.9 Å². The van der Waals surface area contributed by atoms with Gasteiger partial charge in [0.2, 0.25) is 0 Å². The number of rotatable bonds is 0. The number of hydrogen-bond acceptors (Lipinski definition) is 9. The van der Waals surface area contributed by atoms with Crippen LogP contribution in [0.25, 0.3) is 0 Å². The molecule has 0 amide bonds. The normalized spacial score (nSPS) is 3.18. The second-order valence-electron chi connectivity index (χ2n) is 0.204. The molecule has 0 saturated heterocycles. The van der Waals surface area contributed by atoms with Crippen molar-refractivity contribution in [3.63, 3.8) is 0 Å². The summed E-state index contributed by atoms with van der Waals surface area (Å²) in [6, 6.07) is 0. The minimum absolute atomic E-state index is 0. The molecule has 0 bridgehead atoms. The van der Waals surface area contributed by atoms with Gasteiger partial charge in [-0.05, 0) is 0 Å². The summed E-state index contributed by atoms with van der Waals surface area (Å²) < 4.78 is 25.3. The quantitative estimate of drug-likeness (QED) is 0.301. The molecule has 6 N–H and O–H groups in total. The van der Waals surface area contributed by atoms with Gasteiger partial charge >= 0.3 is 23.1 Å². The second-order valence-corrected chi connectivity index (χ2v) is 0.612. The molecule has 0 unspecified atom stereocenters. The van der Waals surface area contributed by atoms with Gasteiger partial charge in [0.15, 0.2) is 0 Å². The predicted octanol–water partition coefficient (Wildman–Crippen LogP) is -2.45. The Labute approximate surface area is 80.9 Å². The van der Waals surface area contributed by atoms with E-state index in [2.05, 4.69) is 0 Å². The summed E-state index contributed by atoms with van der Waals surface area (Å²) in [4.78, 5) is 0. The van der Waals surface area contributed by atoms with E-state index in [1.165, 1.54) is 0 Å². The fraction of sp³-hybridized carbons (Fsp3) is 0. The van der Waals surface area contributed by atoms with Crippen LogP contribution in [0.4, 0.5) is 0 Å². The third-order valence-electron chi connectivity index (χ3n) is 0. The topological polar surface area (TPSA) is 243 Å². The average molecular weight is 206 g/mol. The van der Waals surface area contributed by atoms with E-state index in [0.29, 0.717) is 0 Å². The van der Waals surface area contributed by atoms with Crippen molar-refractivity contribution in [2.75, 3.05) is 0 Å². The van der Waals surface area contributed by atoms with Gasteiger partial charge < -0.3 is 42.0 Å². The van der Waals surface area contributed by atoms with Crippen LogP contribution in [0.2, 0.25) is 0 Å². The van der Waals surface area contributed by atoms with E-state index in [9.17, 15) is 0 Å². The Morgan fingerprint density at radius 3 is 0.727 bits per heavy atom. The molecule has 0 aromatic heterocycles. The van der Waals surface area contributed by atoms with E-state index in [1.54, 1.807) is 0 Å². The van der Waals surface area contributed by atoms with Crippen LogP contribution in [0.5, 0.6) is 0 Å². The summed E-state index contributed by atoms with van der Waals surface area (Å²) in [5.74, 6) is 0. The Kier molecular flexibility index (Phi) is 691. The molecule has 0 rings (SSSR count). The average Bonchev–Trinajstić information content (AvgIpc) is 0.811. The van der Waals surface area contributed by atoms with Crippen LogP contribution < -0.4 is 0 Å². The van der Waals surface area contributed by atoms with Gasteiger partial charge in [-0.15, -0.1) is 11.4 Å². The minimum Gasteiger partial charge on any atom is -0.870 e. The molecule has 0 radical (unpaired) electrons. The molecule has 11 heavy (non-hydrogen) atoms. The summed E-state index contributed by atoms with van der Waals surface area (Å²) in [5, 5.41) is 0. The first-order chi connectivity index (χ1) is 1.73. The SMILES string of the molecule is O=S([O-])[O-].[Mg+2].[OH-].[OH-].[OH-].[OH-].[OH-].[OH-]. The molecular formula is H6MgO9S-6. The van der Waals surface area contributed by atoms with E-state index < -0.39 is 11.4 Å². The van der Waals surface area contributed by atoms with Crippen LogP contribution in [0.3, 0.4) is 0 Å². The van der Waals surface area contributed by atoms with Gasteiger partial charge in [0.25, 0.3) is 0 Å². The van der Waals surface area contributed by atoms with Crippen molar-refractivity contribution in [1.29, 1.82) is 0 Å². The summed E-state index contributed by atoms with van der Waals surface area (Å²) in [6.45, 7) is 0. The van der Waals surface area contributed by atoms with Crippen LogP contribution >= 0.6 is 0 Å². The Morgan fingerprint density at radius 1 is 0.727 bits per heavy atom. The van der Waals surface area contributed by atoms with Crippen LogP contribution in [-0.4, -0.2) is 69.2 Å². The molecule has 74 valence electrons. The molecule has 0 atom stereocenters. The van der Waals surface area contributed by atoms with E-state index in [4.69, 9.17) is 13.3 Å². The fourth-order valence-corrected chi connectivity index (χ4v) is 0. The molecule has 0 heterocycles. The monoisotopic (exact) mass is 206 g/mol. The summed E-state index contributed by atoms with van der Waals surface area (Å²) in [7, 11) is 0. The molecule has 0 aliphatic heterocycles. The standard InChI is InChI=1S/Mg.H2O3S.6H2O/c;1-4(2)3;;;;;;/h;(H2,1,2,3);6*1H2/q+2;;;;;;;/p-8. The predicted molar refractivity (Wildman–Crippen MR) is 27.1 cm³/mol. The minimum atomic E-state index is -3.11. The first-order valence-corrected chi connectivity index (χ1v) is 1.50. The Morgan fingerprint density at radius 2 is 0.727 bits per heavy atom. The molecule has 0 saturated carbocycles. The molecule has 11 heteroatoms. The van der Waals surface area contributed by atoms with E-state index in [1.807, 2.05) is 0 Å². The van der Waals surface area contributed by atoms with Crippen LogP contribution in [0.15, 0.2) is 0 Å². The smallest absolute Gasteiger partial charge is 0.870 e. The Bertz CT molecular complexity index is 32.5. The molecule has 0 spiro atoms. The van der Waals surface area contributed by atoms with Gasteiger partial charge in [-0.2, -0.15) is 0 Å². The van der Waals surface area contributed by atoms with Gasteiger partial charge in [-0.3, -0.25) is 4.21 Å². The van der Waals surface area contributed by atoms with Crippen LogP contribution in [0, 0.1) is 0 Å². The Hall–Kier alpha value is 0.596. The van der Waals surface area contributed by atoms with E-state index in [0.717, 1.165) is 0 Å². The maximum absolute atomic E-state index is 8.44. The van der Waals surface area contributed by atoms with Gasteiger partial charge in [0, 0.05) is 0 Å². The van der Waals surface area contributed by atoms with Crippen molar-refractivity contribution in [3.05, 3.63) is 0 Å². The third-order valence-corrected chi connectivity index (χ3v) is 0. The zero-order valence-electron chi connectivity index (χ0n) is 5.02. The second kappa shape index (κ2) is 75.4. The molecule has 0 aliphatic rings. The van der Waals surface area contributed by atoms with Crippen LogP contribution in [-0.2, 0) is 11.4 Å². The fourth-order valence-electron chi connectivity index (χ4n) is 0. The van der Waals surface area contributed by atoms with Gasteiger partial charge in [0.05, 0.1) is 0 Å². The van der Waals surface area contributed by atoms with Crippen molar-refractivity contribution in [2.45, 2.75) is 0 Å². The van der Waals surface area contributed by atoms with Gasteiger partial charge in [-0.25, -0.2) is 0 Å². The third kappa shape index (κ3) is 2200. The summed E-state index contributed by atoms with van der Waals surface area (Å²) in [6.07, 6.45) is 0. The Balaban J connectivity index is -0.00000000214. The molecule has 0 aromatic rings. The molecule has 0 fully saturated rings. The molecular weight excluding hydrogens is 200 g/mol. The maximum Gasteiger partial charge on any atom is 2.00 e. The zero-order chi connectivity index (χ0) is 3.58. The summed E-state index contributed by atoms with van der Waals surface area (Å²) in [5.41, 5.74) is 0. The largest absolute Gasteiger partial charge is 2.00 e. The van der Waals surface area contributed by atoms with Gasteiger partial charge in [-0.1, -0.05) is 0 Å². The van der Waals surface area contributed by atoms with Crippen molar-refractivity contribution in [2.24, 2.45) is 0 Å². The molecule has 9 nitrogen and oxygen atoms in total. The summed E-state index contributed by atoms with van der Waals surface area (Å²) >= 11 is -3.11. The van der Waals surface area contributed by atoms with Crippen molar-refractivity contribution in [3.8, 4) is 0 Å². The van der Waals surface area contributed by atoms with E-state index >= 15 is 0 Å². The maximum atomic E-state index is 8.44. The van der Waals surface area contributed by atoms with Crippen molar-refractivity contribution >= 4 is 34.4 Å². The first kappa shape index (κ1) is 101. The van der Waals surface area contributed by atoms with Crippen molar-refractivity contribution in [1.82, 2.24) is 0 Å². The molecule has 0 aliphatic carbocycles. The first-order valence-electron chi connectivity index (χ1n) is 0.500. The van der Waals surface area contributed by atoms with Crippen LogP contribution in [0.1, 0.15) is 0 Å². The van der Waals surface area contributed by atoms with Crippen molar-refractivity contribution < 1.29 is 46.2 Å². The molecule has 0 aromatic carbocycles.